The molecule has 3 rings (SSSR count). The normalized spacial score (nSPS) is 14.9. The van der Waals surface area contributed by atoms with E-state index in [-0.39, 0.29) is 11.4 Å². The minimum absolute atomic E-state index is 0.107. The molecule has 0 fully saturated rings. The minimum Gasteiger partial charge on any atom is -0.321 e. The van der Waals surface area contributed by atoms with Crippen LogP contribution in [0.2, 0.25) is 0 Å². The minimum atomic E-state index is -4.44. The summed E-state index contributed by atoms with van der Waals surface area (Å²) in [6.07, 6.45) is 0.290. The van der Waals surface area contributed by atoms with E-state index in [0.717, 1.165) is 55.5 Å². The first-order chi connectivity index (χ1) is 10.9. The fourth-order valence-electron chi connectivity index (χ4n) is 2.81. The zero-order chi connectivity index (χ0) is 16.4. The Morgan fingerprint density at radius 3 is 2.74 bits per heavy atom. The van der Waals surface area contributed by atoms with E-state index in [1.54, 1.807) is 0 Å². The molecule has 0 saturated heterocycles. The smallest absolute Gasteiger partial charge is 0.321 e. The Balaban J connectivity index is 1.81. The van der Waals surface area contributed by atoms with E-state index in [1.807, 2.05) is 0 Å². The average Bonchev–Trinajstić information content (AvgIpc) is 2.76. The molecule has 1 aliphatic rings. The number of aromatic nitrogens is 2. The lowest BCUT2D eigenvalue weighted by Gasteiger charge is -2.09. The number of hydrogen-bond acceptors (Lipinski definition) is 2. The number of nitrogens with zero attached hydrogens (tertiary/aromatic N) is 1. The van der Waals surface area contributed by atoms with Crippen LogP contribution in [0.3, 0.4) is 0 Å². The van der Waals surface area contributed by atoms with Crippen LogP contribution in [0, 0.1) is 0 Å². The number of amides is 1. The van der Waals surface area contributed by atoms with E-state index >= 15 is 0 Å². The number of nitrogens with one attached hydrogen (secondary N) is 2. The van der Waals surface area contributed by atoms with Crippen LogP contribution in [-0.2, 0) is 19.0 Å². The number of anilines is 1. The summed E-state index contributed by atoms with van der Waals surface area (Å²) in [4.78, 5) is 12.3. The fraction of sp³-hybridized carbons (Fsp3) is 0.375. The van der Waals surface area contributed by atoms with Gasteiger partial charge in [-0.15, -0.1) is 0 Å². The molecule has 1 aliphatic carbocycles. The van der Waals surface area contributed by atoms with Crippen molar-refractivity contribution in [2.45, 2.75) is 38.3 Å². The van der Waals surface area contributed by atoms with Crippen molar-refractivity contribution in [2.75, 3.05) is 5.32 Å². The zero-order valence-corrected chi connectivity index (χ0v) is 12.3. The first kappa shape index (κ1) is 15.6. The second kappa shape index (κ2) is 6.06. The monoisotopic (exact) mass is 323 g/mol. The van der Waals surface area contributed by atoms with Gasteiger partial charge in [-0.05, 0) is 43.9 Å². The van der Waals surface area contributed by atoms with Crippen molar-refractivity contribution in [2.24, 2.45) is 0 Å². The maximum atomic E-state index is 12.7. The van der Waals surface area contributed by atoms with Gasteiger partial charge in [-0.2, -0.15) is 18.3 Å². The van der Waals surface area contributed by atoms with E-state index in [4.69, 9.17) is 0 Å². The largest absolute Gasteiger partial charge is 0.416 e. The Hall–Kier alpha value is -2.31. The van der Waals surface area contributed by atoms with Crippen LogP contribution in [0.4, 0.5) is 18.9 Å². The first-order valence-corrected chi connectivity index (χ1v) is 7.50. The van der Waals surface area contributed by atoms with Gasteiger partial charge in [-0.25, -0.2) is 0 Å². The molecule has 1 aromatic carbocycles. The Labute approximate surface area is 131 Å². The molecule has 0 radical (unpaired) electrons. The molecule has 0 spiro atoms. The number of halogens is 3. The van der Waals surface area contributed by atoms with Crippen molar-refractivity contribution in [3.8, 4) is 0 Å². The highest BCUT2D eigenvalue weighted by molar-refractivity contribution is 6.04. The third-order valence-corrected chi connectivity index (χ3v) is 3.97. The van der Waals surface area contributed by atoms with Crippen molar-refractivity contribution < 1.29 is 18.0 Å². The van der Waals surface area contributed by atoms with E-state index in [9.17, 15) is 18.0 Å². The number of carbonyl (C=O) groups excluding carboxylic acids is 1. The molecule has 0 bridgehead atoms. The predicted octanol–water partition coefficient (Wildman–Crippen LogP) is 3.95. The van der Waals surface area contributed by atoms with Gasteiger partial charge in [0.25, 0.3) is 5.91 Å². The predicted molar refractivity (Wildman–Crippen MR) is 79.2 cm³/mol. The number of carbonyl (C=O) groups is 1. The summed E-state index contributed by atoms with van der Waals surface area (Å²) in [5.41, 5.74) is 1.43. The Morgan fingerprint density at radius 1 is 1.17 bits per heavy atom. The maximum absolute atomic E-state index is 12.7. The molecule has 4 nitrogen and oxygen atoms in total. The number of H-pyrrole nitrogens is 1. The lowest BCUT2D eigenvalue weighted by molar-refractivity contribution is -0.137. The van der Waals surface area contributed by atoms with Crippen LogP contribution in [-0.4, -0.2) is 16.1 Å². The van der Waals surface area contributed by atoms with E-state index in [0.29, 0.717) is 0 Å². The molecule has 1 heterocycles. The molecule has 0 saturated carbocycles. The van der Waals surface area contributed by atoms with Gasteiger partial charge in [0.15, 0.2) is 5.69 Å². The topological polar surface area (TPSA) is 57.8 Å². The lowest BCUT2D eigenvalue weighted by atomic mass is 10.1. The second-order valence-electron chi connectivity index (χ2n) is 5.62. The van der Waals surface area contributed by atoms with Gasteiger partial charge in [0.2, 0.25) is 0 Å². The highest BCUT2D eigenvalue weighted by Crippen LogP contribution is 2.31. The van der Waals surface area contributed by atoms with Crippen molar-refractivity contribution in [3.63, 3.8) is 0 Å². The molecule has 1 amide bonds. The standard InChI is InChI=1S/C16H16F3N3O/c17-16(18,19)10-5-4-6-11(9-10)20-15(23)14-12-7-2-1-3-8-13(12)21-22-14/h4-6,9H,1-3,7-8H2,(H,20,23)(H,21,22). The van der Waals surface area contributed by atoms with Crippen LogP contribution in [0.1, 0.15) is 46.6 Å². The van der Waals surface area contributed by atoms with Crippen LogP contribution in [0.25, 0.3) is 0 Å². The Kier molecular flexibility index (Phi) is 4.11. The molecule has 0 aliphatic heterocycles. The molecule has 1 aromatic heterocycles. The van der Waals surface area contributed by atoms with Gasteiger partial charge in [0.05, 0.1) is 5.56 Å². The quantitative estimate of drug-likeness (QED) is 0.822. The first-order valence-electron chi connectivity index (χ1n) is 7.50. The van der Waals surface area contributed by atoms with Crippen LogP contribution < -0.4 is 5.32 Å². The lowest BCUT2D eigenvalue weighted by Crippen LogP contribution is -2.15. The molecule has 2 aromatic rings. The summed E-state index contributed by atoms with van der Waals surface area (Å²) < 4.78 is 38.2. The Bertz CT molecular complexity index is 722. The molecule has 7 heteroatoms. The SMILES string of the molecule is O=C(Nc1cccc(C(F)(F)F)c1)c1n[nH]c2c1CCCCC2. The summed E-state index contributed by atoms with van der Waals surface area (Å²) in [6.45, 7) is 0. The molecule has 122 valence electrons. The van der Waals surface area contributed by atoms with Gasteiger partial charge in [0, 0.05) is 16.9 Å². The van der Waals surface area contributed by atoms with E-state index in [1.165, 1.54) is 12.1 Å². The van der Waals surface area contributed by atoms with E-state index < -0.39 is 17.6 Å². The number of hydrogen-bond donors (Lipinski definition) is 2. The number of alkyl halides is 3. The van der Waals surface area contributed by atoms with Gasteiger partial charge in [-0.3, -0.25) is 9.89 Å². The number of rotatable bonds is 2. The Morgan fingerprint density at radius 2 is 1.96 bits per heavy atom. The molecule has 23 heavy (non-hydrogen) atoms. The number of benzene rings is 1. The molecule has 0 unspecified atom stereocenters. The molecule has 2 N–H and O–H groups in total. The van der Waals surface area contributed by atoms with Crippen LogP contribution >= 0.6 is 0 Å². The van der Waals surface area contributed by atoms with Crippen molar-refractivity contribution in [1.82, 2.24) is 10.2 Å². The van der Waals surface area contributed by atoms with Crippen LogP contribution in [0.5, 0.6) is 0 Å². The van der Waals surface area contributed by atoms with Crippen molar-refractivity contribution >= 4 is 11.6 Å². The third kappa shape index (κ3) is 3.38. The van der Waals surface area contributed by atoms with Gasteiger partial charge < -0.3 is 5.32 Å². The summed E-state index contributed by atoms with van der Waals surface area (Å²) in [6, 6.07) is 4.58. The van der Waals surface area contributed by atoms with Crippen molar-refractivity contribution in [1.29, 1.82) is 0 Å². The van der Waals surface area contributed by atoms with E-state index in [2.05, 4.69) is 15.5 Å². The number of aromatic amines is 1. The second-order valence-corrected chi connectivity index (χ2v) is 5.62. The highest BCUT2D eigenvalue weighted by Gasteiger charge is 2.30. The zero-order valence-electron chi connectivity index (χ0n) is 12.3. The summed E-state index contributed by atoms with van der Waals surface area (Å²) in [7, 11) is 0. The third-order valence-electron chi connectivity index (χ3n) is 3.97. The summed E-state index contributed by atoms with van der Waals surface area (Å²) in [5.74, 6) is -0.483. The summed E-state index contributed by atoms with van der Waals surface area (Å²) >= 11 is 0. The summed E-state index contributed by atoms with van der Waals surface area (Å²) in [5, 5.41) is 9.43. The maximum Gasteiger partial charge on any atom is 0.416 e. The van der Waals surface area contributed by atoms with Crippen molar-refractivity contribution in [3.05, 3.63) is 46.8 Å². The fourth-order valence-corrected chi connectivity index (χ4v) is 2.81. The molecular formula is C16H16F3N3O. The molecule has 0 atom stereocenters. The van der Waals surface area contributed by atoms with Gasteiger partial charge in [0.1, 0.15) is 0 Å². The molecular weight excluding hydrogens is 307 g/mol. The van der Waals surface area contributed by atoms with Crippen LogP contribution in [0.15, 0.2) is 24.3 Å². The number of fused-ring (bicyclic) bond motifs is 1. The van der Waals surface area contributed by atoms with Gasteiger partial charge in [-0.1, -0.05) is 12.5 Å². The number of aryl methyl sites for hydroxylation is 1. The van der Waals surface area contributed by atoms with Gasteiger partial charge >= 0.3 is 6.18 Å². The average molecular weight is 323 g/mol. The highest BCUT2D eigenvalue weighted by atomic mass is 19.4.